The molecule has 3 nitrogen and oxygen atoms in total. The van der Waals surface area contributed by atoms with Gasteiger partial charge in [-0.3, -0.25) is 10.2 Å². The van der Waals surface area contributed by atoms with E-state index in [-0.39, 0.29) is 24.0 Å². The zero-order valence-corrected chi connectivity index (χ0v) is 18.7. The molecule has 0 amide bonds. The zero-order chi connectivity index (χ0) is 20.5. The van der Waals surface area contributed by atoms with Crippen LogP contribution in [0.2, 0.25) is 0 Å². The summed E-state index contributed by atoms with van der Waals surface area (Å²) in [6, 6.07) is 19.2. The predicted molar refractivity (Wildman–Crippen MR) is 128 cm³/mol. The molecule has 0 unspecified atom stereocenters. The quantitative estimate of drug-likeness (QED) is 0.232. The number of Topliss-reactive ketones (excluding diaryl/α,β-unsaturated/α-hetero) is 1. The van der Waals surface area contributed by atoms with E-state index in [4.69, 9.17) is 11.1 Å². The molecule has 2 aromatic rings. The lowest BCUT2D eigenvalue weighted by molar-refractivity contribution is -0.121. The number of unbranched alkanes of at least 4 members (excludes halogenated alkanes) is 5. The molecule has 1 fully saturated rings. The van der Waals surface area contributed by atoms with E-state index in [1.165, 1.54) is 56.1 Å². The molecule has 162 valence electrons. The maximum Gasteiger partial charge on any atom is 0.150 e. The molecule has 0 atom stereocenters. The average Bonchev–Trinajstić information content (AvgIpc) is 3.54. The van der Waals surface area contributed by atoms with Gasteiger partial charge in [-0.2, -0.15) is 0 Å². The normalized spacial score (nSPS) is 14.0. The van der Waals surface area contributed by atoms with Crippen LogP contribution in [0.15, 0.2) is 54.6 Å². The lowest BCUT2D eigenvalue weighted by Crippen LogP contribution is -2.32. The van der Waals surface area contributed by atoms with Crippen LogP contribution in [0.4, 0.5) is 0 Å². The van der Waals surface area contributed by atoms with E-state index in [0.29, 0.717) is 6.42 Å². The number of ketones is 1. The first-order chi connectivity index (χ1) is 14.1. The summed E-state index contributed by atoms with van der Waals surface area (Å²) in [4.78, 5) is 12.4. The molecular weight excluding hydrogens is 392 g/mol. The number of halogens is 1. The molecule has 1 aliphatic carbocycles. The van der Waals surface area contributed by atoms with Crippen molar-refractivity contribution < 1.29 is 4.79 Å². The van der Waals surface area contributed by atoms with Crippen molar-refractivity contribution in [3.8, 4) is 0 Å². The Labute approximate surface area is 187 Å². The van der Waals surface area contributed by atoms with Crippen molar-refractivity contribution in [1.82, 2.24) is 0 Å². The van der Waals surface area contributed by atoms with Gasteiger partial charge in [0, 0.05) is 6.42 Å². The molecule has 0 heterocycles. The van der Waals surface area contributed by atoms with Gasteiger partial charge in [-0.15, -0.1) is 12.4 Å². The maximum atomic E-state index is 12.4. The van der Waals surface area contributed by atoms with E-state index in [9.17, 15) is 4.79 Å². The van der Waals surface area contributed by atoms with Crippen molar-refractivity contribution in [2.75, 3.05) is 0 Å². The van der Waals surface area contributed by atoms with Crippen LogP contribution in [0, 0.1) is 10.8 Å². The van der Waals surface area contributed by atoms with Crippen molar-refractivity contribution in [2.24, 2.45) is 11.1 Å². The standard InChI is InChI=1S/C26H34N2O.ClH/c27-25(28)26(18-19-26)24(29)20-23-16-14-22(15-17-23)13-7-4-2-1-3-6-10-21-11-8-5-9-12-21;/h5,8-9,11-12,14-17H,1-4,6-7,10,13,18-20H2,(H3,27,28);1H. The number of nitrogens with one attached hydrogen (secondary N) is 1. The van der Waals surface area contributed by atoms with Gasteiger partial charge >= 0.3 is 0 Å². The number of aryl methyl sites for hydroxylation is 2. The van der Waals surface area contributed by atoms with E-state index in [1.54, 1.807) is 0 Å². The molecule has 30 heavy (non-hydrogen) atoms. The lowest BCUT2D eigenvalue weighted by atomic mass is 9.93. The van der Waals surface area contributed by atoms with Gasteiger partial charge in [0.2, 0.25) is 0 Å². The predicted octanol–water partition coefficient (Wildman–Crippen LogP) is 6.06. The van der Waals surface area contributed by atoms with Gasteiger partial charge in [-0.25, -0.2) is 0 Å². The molecule has 0 spiro atoms. The van der Waals surface area contributed by atoms with Crippen LogP contribution in [-0.2, 0) is 24.1 Å². The molecule has 0 aromatic heterocycles. The average molecular weight is 427 g/mol. The highest BCUT2D eigenvalue weighted by molar-refractivity contribution is 6.09. The van der Waals surface area contributed by atoms with Crippen molar-refractivity contribution in [1.29, 1.82) is 5.41 Å². The van der Waals surface area contributed by atoms with E-state index in [0.717, 1.165) is 24.8 Å². The third kappa shape index (κ3) is 6.98. The molecule has 4 heteroatoms. The van der Waals surface area contributed by atoms with Crippen LogP contribution >= 0.6 is 12.4 Å². The second-order valence-electron chi connectivity index (χ2n) is 8.52. The largest absolute Gasteiger partial charge is 0.387 e. The molecule has 1 saturated carbocycles. The highest BCUT2D eigenvalue weighted by atomic mass is 35.5. The van der Waals surface area contributed by atoms with Crippen molar-refractivity contribution in [3.63, 3.8) is 0 Å². The number of amidine groups is 1. The number of benzene rings is 2. The molecule has 3 rings (SSSR count). The first-order valence-corrected chi connectivity index (χ1v) is 11.1. The summed E-state index contributed by atoms with van der Waals surface area (Å²) in [7, 11) is 0. The summed E-state index contributed by atoms with van der Waals surface area (Å²) >= 11 is 0. The third-order valence-corrected chi connectivity index (χ3v) is 6.21. The van der Waals surface area contributed by atoms with Crippen molar-refractivity contribution in [3.05, 3.63) is 71.3 Å². The Balaban J connectivity index is 0.00000320. The molecule has 0 saturated heterocycles. The highest BCUT2D eigenvalue weighted by Gasteiger charge is 2.52. The summed E-state index contributed by atoms with van der Waals surface area (Å²) in [5.41, 5.74) is 8.80. The fraction of sp³-hybridized carbons (Fsp3) is 0.462. The van der Waals surface area contributed by atoms with Gasteiger partial charge in [-0.05, 0) is 55.2 Å². The summed E-state index contributed by atoms with van der Waals surface area (Å²) in [6.07, 6.45) is 11.9. The Morgan fingerprint density at radius 2 is 1.23 bits per heavy atom. The van der Waals surface area contributed by atoms with Crippen LogP contribution in [-0.4, -0.2) is 11.6 Å². The molecule has 0 bridgehead atoms. The molecule has 0 radical (unpaired) electrons. The monoisotopic (exact) mass is 426 g/mol. The second-order valence-corrected chi connectivity index (χ2v) is 8.52. The Kier molecular flexibility index (Phi) is 9.58. The van der Waals surface area contributed by atoms with Crippen LogP contribution in [0.5, 0.6) is 0 Å². The topological polar surface area (TPSA) is 66.9 Å². The first-order valence-electron chi connectivity index (χ1n) is 11.1. The molecule has 1 aliphatic rings. The van der Waals surface area contributed by atoms with Crippen LogP contribution in [0.25, 0.3) is 0 Å². The smallest absolute Gasteiger partial charge is 0.150 e. The van der Waals surface area contributed by atoms with Gasteiger partial charge in [0.25, 0.3) is 0 Å². The molecule has 3 N–H and O–H groups in total. The Bertz CT molecular complexity index is 798. The molecular formula is C26H35ClN2O. The van der Waals surface area contributed by atoms with E-state index < -0.39 is 5.41 Å². The van der Waals surface area contributed by atoms with E-state index in [2.05, 4.69) is 54.6 Å². The number of hydrogen-bond acceptors (Lipinski definition) is 2. The van der Waals surface area contributed by atoms with Crippen LogP contribution in [0.1, 0.15) is 68.1 Å². The van der Waals surface area contributed by atoms with E-state index in [1.807, 2.05) is 0 Å². The second kappa shape index (κ2) is 11.9. The summed E-state index contributed by atoms with van der Waals surface area (Å²) < 4.78 is 0. The van der Waals surface area contributed by atoms with Gasteiger partial charge in [0.05, 0.1) is 5.41 Å². The lowest BCUT2D eigenvalue weighted by Gasteiger charge is -2.12. The van der Waals surface area contributed by atoms with Gasteiger partial charge in [0.1, 0.15) is 5.84 Å². The number of hydrogen-bond donors (Lipinski definition) is 2. The summed E-state index contributed by atoms with van der Waals surface area (Å²) in [6.45, 7) is 0. The third-order valence-electron chi connectivity index (χ3n) is 6.21. The fourth-order valence-corrected chi connectivity index (χ4v) is 4.01. The van der Waals surface area contributed by atoms with Gasteiger partial charge in [0.15, 0.2) is 5.78 Å². The minimum Gasteiger partial charge on any atom is -0.387 e. The molecule has 0 aliphatic heterocycles. The maximum absolute atomic E-state index is 12.4. The van der Waals surface area contributed by atoms with Crippen LogP contribution in [0.3, 0.4) is 0 Å². The summed E-state index contributed by atoms with van der Waals surface area (Å²) in [5, 5.41) is 7.63. The minimum absolute atomic E-state index is 0. The van der Waals surface area contributed by atoms with Gasteiger partial charge < -0.3 is 5.73 Å². The minimum atomic E-state index is -0.639. The van der Waals surface area contributed by atoms with Crippen molar-refractivity contribution in [2.45, 2.75) is 70.6 Å². The molecule has 2 aromatic carbocycles. The Morgan fingerprint density at radius 1 is 0.767 bits per heavy atom. The SMILES string of the molecule is Cl.N=C(N)C1(C(=O)Cc2ccc(CCCCCCCCc3ccccc3)cc2)CC1. The number of carbonyl (C=O) groups is 1. The van der Waals surface area contributed by atoms with E-state index >= 15 is 0 Å². The first kappa shape index (κ1) is 24.1. The van der Waals surface area contributed by atoms with Crippen LogP contribution < -0.4 is 5.73 Å². The number of nitrogens with two attached hydrogens (primary N) is 1. The zero-order valence-electron chi connectivity index (χ0n) is 17.9. The number of rotatable bonds is 13. The fourth-order valence-electron chi connectivity index (χ4n) is 4.01. The Hall–Kier alpha value is -2.13. The highest BCUT2D eigenvalue weighted by Crippen LogP contribution is 2.47. The van der Waals surface area contributed by atoms with Crippen molar-refractivity contribution >= 4 is 24.0 Å². The Morgan fingerprint density at radius 3 is 1.73 bits per heavy atom. The van der Waals surface area contributed by atoms with Gasteiger partial charge in [-0.1, -0.05) is 80.3 Å². The summed E-state index contributed by atoms with van der Waals surface area (Å²) in [5.74, 6) is 0.143. The number of carbonyl (C=O) groups excluding carboxylic acids is 1.